The van der Waals surface area contributed by atoms with E-state index in [1.54, 1.807) is 0 Å². The molecule has 1 saturated carbocycles. The van der Waals surface area contributed by atoms with Gasteiger partial charge in [0.15, 0.2) is 0 Å². The van der Waals surface area contributed by atoms with Crippen molar-refractivity contribution < 1.29 is 9.59 Å². The van der Waals surface area contributed by atoms with E-state index in [4.69, 9.17) is 0 Å². The summed E-state index contributed by atoms with van der Waals surface area (Å²) < 4.78 is 0. The van der Waals surface area contributed by atoms with Gasteiger partial charge in [0, 0.05) is 23.7 Å². The maximum atomic E-state index is 12.3. The molecule has 4 heteroatoms. The summed E-state index contributed by atoms with van der Waals surface area (Å²) in [4.78, 5) is 24.0. The van der Waals surface area contributed by atoms with Gasteiger partial charge in [-0.15, -0.1) is 0 Å². The molecular weight excluding hydrogens is 300 g/mol. The van der Waals surface area contributed by atoms with Crippen molar-refractivity contribution in [1.29, 1.82) is 0 Å². The Morgan fingerprint density at radius 3 is 2.42 bits per heavy atom. The zero-order chi connectivity index (χ0) is 17.1. The smallest absolute Gasteiger partial charge is 0.251 e. The van der Waals surface area contributed by atoms with E-state index in [9.17, 15) is 9.59 Å². The second-order valence-electron chi connectivity index (χ2n) is 6.39. The first-order valence-electron chi connectivity index (χ1n) is 8.29. The van der Waals surface area contributed by atoms with Gasteiger partial charge in [-0.3, -0.25) is 9.59 Å². The molecule has 0 atom stereocenters. The molecule has 0 heterocycles. The number of nitrogens with one attached hydrogen (secondary N) is 2. The fraction of sp³-hybridized carbons (Fsp3) is 0.300. The highest BCUT2D eigenvalue weighted by molar-refractivity contribution is 5.96. The number of anilines is 1. The van der Waals surface area contributed by atoms with E-state index >= 15 is 0 Å². The van der Waals surface area contributed by atoms with Gasteiger partial charge in [0.1, 0.15) is 0 Å². The molecule has 0 saturated heterocycles. The Bertz CT molecular complexity index is 762. The first-order chi connectivity index (χ1) is 11.5. The molecule has 3 rings (SSSR count). The normalized spacial score (nSPS) is 13.4. The number of aryl methyl sites for hydroxylation is 1. The molecule has 0 aliphatic heterocycles. The average molecular weight is 322 g/mol. The van der Waals surface area contributed by atoms with E-state index in [0.29, 0.717) is 12.1 Å². The average Bonchev–Trinajstić information content (AvgIpc) is 3.41. The molecular formula is C20H22N2O2. The molecule has 1 aliphatic carbocycles. The van der Waals surface area contributed by atoms with Crippen LogP contribution in [-0.2, 0) is 11.3 Å². The SMILES string of the molecule is Cc1cccc(C(=O)NCc2ccc(NC(=O)C3CC3)cc2)c1C. The van der Waals surface area contributed by atoms with Crippen LogP contribution in [-0.4, -0.2) is 11.8 Å². The highest BCUT2D eigenvalue weighted by Gasteiger charge is 2.29. The Kier molecular flexibility index (Phi) is 4.65. The van der Waals surface area contributed by atoms with Crippen LogP contribution in [0.5, 0.6) is 0 Å². The third-order valence-electron chi connectivity index (χ3n) is 4.47. The Labute approximate surface area is 142 Å². The number of hydrogen-bond donors (Lipinski definition) is 2. The first-order valence-corrected chi connectivity index (χ1v) is 8.29. The van der Waals surface area contributed by atoms with Crippen molar-refractivity contribution in [2.24, 2.45) is 5.92 Å². The summed E-state index contributed by atoms with van der Waals surface area (Å²) in [6.07, 6.45) is 1.99. The minimum absolute atomic E-state index is 0.0673. The number of hydrogen-bond acceptors (Lipinski definition) is 2. The second kappa shape index (κ2) is 6.87. The zero-order valence-corrected chi connectivity index (χ0v) is 14.1. The van der Waals surface area contributed by atoms with Crippen molar-refractivity contribution >= 4 is 17.5 Å². The van der Waals surface area contributed by atoms with E-state index in [-0.39, 0.29) is 17.7 Å². The fourth-order valence-electron chi connectivity index (χ4n) is 2.57. The molecule has 4 nitrogen and oxygen atoms in total. The van der Waals surface area contributed by atoms with Gasteiger partial charge in [0.2, 0.25) is 5.91 Å². The van der Waals surface area contributed by atoms with Crippen molar-refractivity contribution in [3.8, 4) is 0 Å². The third kappa shape index (κ3) is 3.82. The van der Waals surface area contributed by atoms with Gasteiger partial charge in [-0.2, -0.15) is 0 Å². The van der Waals surface area contributed by atoms with Crippen molar-refractivity contribution in [1.82, 2.24) is 5.32 Å². The molecule has 24 heavy (non-hydrogen) atoms. The molecule has 2 N–H and O–H groups in total. The van der Waals surface area contributed by atoms with Crippen LogP contribution in [0, 0.1) is 19.8 Å². The van der Waals surface area contributed by atoms with E-state index < -0.39 is 0 Å². The number of carbonyl (C=O) groups is 2. The summed E-state index contributed by atoms with van der Waals surface area (Å²) in [7, 11) is 0. The Morgan fingerprint density at radius 1 is 1.04 bits per heavy atom. The number of benzene rings is 2. The van der Waals surface area contributed by atoms with Crippen molar-refractivity contribution in [2.45, 2.75) is 33.2 Å². The highest BCUT2D eigenvalue weighted by atomic mass is 16.2. The minimum atomic E-state index is -0.0673. The van der Waals surface area contributed by atoms with Crippen LogP contribution < -0.4 is 10.6 Å². The molecule has 0 bridgehead atoms. The lowest BCUT2D eigenvalue weighted by atomic mass is 10.0. The summed E-state index contributed by atoms with van der Waals surface area (Å²) >= 11 is 0. The molecule has 0 aromatic heterocycles. The van der Waals surface area contributed by atoms with Crippen molar-refractivity contribution in [2.75, 3.05) is 5.32 Å². The van der Waals surface area contributed by atoms with Crippen molar-refractivity contribution in [3.05, 3.63) is 64.7 Å². The Morgan fingerprint density at radius 2 is 1.75 bits per heavy atom. The van der Waals surface area contributed by atoms with Crippen LogP contribution in [0.4, 0.5) is 5.69 Å². The molecule has 1 aliphatic rings. The number of rotatable bonds is 5. The monoisotopic (exact) mass is 322 g/mol. The van der Waals surface area contributed by atoms with Gasteiger partial charge in [-0.25, -0.2) is 0 Å². The van der Waals surface area contributed by atoms with Crippen LogP contribution in [0.2, 0.25) is 0 Å². The topological polar surface area (TPSA) is 58.2 Å². The molecule has 0 radical (unpaired) electrons. The predicted octanol–water partition coefficient (Wildman–Crippen LogP) is 3.58. The van der Waals surface area contributed by atoms with E-state index in [2.05, 4.69) is 10.6 Å². The molecule has 0 unspecified atom stereocenters. The zero-order valence-electron chi connectivity index (χ0n) is 14.1. The molecule has 1 fully saturated rings. The van der Waals surface area contributed by atoms with E-state index in [0.717, 1.165) is 35.2 Å². The van der Waals surface area contributed by atoms with Gasteiger partial charge in [0.25, 0.3) is 5.91 Å². The van der Waals surface area contributed by atoms with Gasteiger partial charge in [0.05, 0.1) is 0 Å². The Balaban J connectivity index is 1.57. The first kappa shape index (κ1) is 16.2. The van der Waals surface area contributed by atoms with Gasteiger partial charge in [-0.1, -0.05) is 24.3 Å². The second-order valence-corrected chi connectivity index (χ2v) is 6.39. The predicted molar refractivity (Wildman–Crippen MR) is 94.9 cm³/mol. The highest BCUT2D eigenvalue weighted by Crippen LogP contribution is 2.30. The summed E-state index contributed by atoms with van der Waals surface area (Å²) in [6.45, 7) is 4.42. The maximum absolute atomic E-state index is 12.3. The van der Waals surface area contributed by atoms with Crippen LogP contribution in [0.25, 0.3) is 0 Å². The van der Waals surface area contributed by atoms with Crippen LogP contribution in [0.1, 0.15) is 39.9 Å². The standard InChI is InChI=1S/C20H22N2O2/c1-13-4-3-5-18(14(13)2)20(24)21-12-15-6-10-17(11-7-15)22-19(23)16-8-9-16/h3-7,10-11,16H,8-9,12H2,1-2H3,(H,21,24)(H,22,23). The molecule has 2 aromatic rings. The van der Waals surface area contributed by atoms with E-state index in [1.807, 2.05) is 56.3 Å². The van der Waals surface area contributed by atoms with Crippen molar-refractivity contribution in [3.63, 3.8) is 0 Å². The summed E-state index contributed by atoms with van der Waals surface area (Å²) in [5.41, 5.74) is 4.63. The van der Waals surface area contributed by atoms with E-state index in [1.165, 1.54) is 0 Å². The van der Waals surface area contributed by atoms with Gasteiger partial charge < -0.3 is 10.6 Å². The number of carbonyl (C=O) groups excluding carboxylic acids is 2. The van der Waals surface area contributed by atoms with Crippen LogP contribution in [0.15, 0.2) is 42.5 Å². The lowest BCUT2D eigenvalue weighted by molar-refractivity contribution is -0.117. The Hall–Kier alpha value is -2.62. The lowest BCUT2D eigenvalue weighted by Gasteiger charge is -2.10. The summed E-state index contributed by atoms with van der Waals surface area (Å²) in [5.74, 6) is 0.231. The van der Waals surface area contributed by atoms with Gasteiger partial charge in [-0.05, 0) is 61.6 Å². The third-order valence-corrected chi connectivity index (χ3v) is 4.47. The van der Waals surface area contributed by atoms with Crippen LogP contribution >= 0.6 is 0 Å². The fourth-order valence-corrected chi connectivity index (χ4v) is 2.57. The molecule has 0 spiro atoms. The molecule has 2 aromatic carbocycles. The number of amides is 2. The largest absolute Gasteiger partial charge is 0.348 e. The maximum Gasteiger partial charge on any atom is 0.251 e. The summed E-state index contributed by atoms with van der Waals surface area (Å²) in [6, 6.07) is 13.3. The lowest BCUT2D eigenvalue weighted by Crippen LogP contribution is -2.23. The van der Waals surface area contributed by atoms with Crippen LogP contribution in [0.3, 0.4) is 0 Å². The quantitative estimate of drug-likeness (QED) is 0.884. The summed E-state index contributed by atoms with van der Waals surface area (Å²) in [5, 5.41) is 5.85. The van der Waals surface area contributed by atoms with Gasteiger partial charge >= 0.3 is 0 Å². The molecule has 2 amide bonds. The molecule has 124 valence electrons. The minimum Gasteiger partial charge on any atom is -0.348 e.